The molecule has 1 N–H and O–H groups in total. The molecule has 0 unspecified atom stereocenters. The van der Waals surface area contributed by atoms with Gasteiger partial charge in [0.15, 0.2) is 5.82 Å². The summed E-state index contributed by atoms with van der Waals surface area (Å²) in [5, 5.41) is 3.19. The van der Waals surface area contributed by atoms with E-state index in [1.807, 2.05) is 11.8 Å². The maximum atomic E-state index is 12.4. The van der Waals surface area contributed by atoms with Crippen molar-refractivity contribution in [3.63, 3.8) is 0 Å². The van der Waals surface area contributed by atoms with E-state index < -0.39 is 0 Å². The van der Waals surface area contributed by atoms with E-state index in [9.17, 15) is 9.59 Å². The normalized spacial score (nSPS) is 19.2. The fourth-order valence-electron chi connectivity index (χ4n) is 3.64. The van der Waals surface area contributed by atoms with Gasteiger partial charge in [0.1, 0.15) is 0 Å². The lowest BCUT2D eigenvalue weighted by atomic mass is 10.0. The number of nitrogens with zero attached hydrogens (tertiary/aromatic N) is 3. The molecule has 1 fully saturated rings. The highest BCUT2D eigenvalue weighted by molar-refractivity contribution is 5.93. The van der Waals surface area contributed by atoms with Crippen molar-refractivity contribution in [1.82, 2.24) is 14.9 Å². The molecule has 0 bridgehead atoms. The van der Waals surface area contributed by atoms with E-state index in [4.69, 9.17) is 0 Å². The molecule has 1 saturated heterocycles. The van der Waals surface area contributed by atoms with Crippen LogP contribution in [0.15, 0.2) is 28.8 Å². The fraction of sp³-hybridized carbons (Fsp3) is 0.632. The molecular formula is C19H28N4O2. The van der Waals surface area contributed by atoms with Crippen LogP contribution in [-0.2, 0) is 11.3 Å². The first kappa shape index (κ1) is 17.7. The van der Waals surface area contributed by atoms with Gasteiger partial charge in [-0.15, -0.1) is 0 Å². The molecule has 6 heteroatoms. The molecule has 136 valence electrons. The van der Waals surface area contributed by atoms with Crippen LogP contribution < -0.4 is 15.8 Å². The molecule has 0 saturated carbocycles. The summed E-state index contributed by atoms with van der Waals surface area (Å²) in [4.78, 5) is 31.1. The lowest BCUT2D eigenvalue weighted by Crippen LogP contribution is -2.46. The van der Waals surface area contributed by atoms with Gasteiger partial charge in [0.05, 0.1) is 0 Å². The summed E-state index contributed by atoms with van der Waals surface area (Å²) in [7, 11) is 0. The zero-order valence-electron chi connectivity index (χ0n) is 15.0. The van der Waals surface area contributed by atoms with E-state index in [0.717, 1.165) is 50.8 Å². The van der Waals surface area contributed by atoms with Gasteiger partial charge in [-0.1, -0.05) is 12.5 Å². The number of amides is 1. The van der Waals surface area contributed by atoms with Crippen LogP contribution in [0.2, 0.25) is 0 Å². The predicted octanol–water partition coefficient (Wildman–Crippen LogP) is 2.24. The average Bonchev–Trinajstić information content (AvgIpc) is 2.92. The molecule has 1 aromatic rings. The van der Waals surface area contributed by atoms with Crippen LogP contribution in [-0.4, -0.2) is 34.6 Å². The van der Waals surface area contributed by atoms with Crippen LogP contribution in [0, 0.1) is 0 Å². The Kier molecular flexibility index (Phi) is 5.89. The molecule has 2 aliphatic rings. The van der Waals surface area contributed by atoms with E-state index in [2.05, 4.69) is 16.4 Å². The number of rotatable bonds is 4. The maximum Gasteiger partial charge on any atom is 0.293 e. The third kappa shape index (κ3) is 4.30. The first-order valence-electron chi connectivity index (χ1n) is 9.49. The summed E-state index contributed by atoms with van der Waals surface area (Å²) in [6.45, 7) is 4.10. The Hall–Kier alpha value is -2.11. The molecule has 0 radical (unpaired) electrons. The molecule has 25 heavy (non-hydrogen) atoms. The van der Waals surface area contributed by atoms with Gasteiger partial charge in [0.25, 0.3) is 5.56 Å². The van der Waals surface area contributed by atoms with Gasteiger partial charge < -0.3 is 14.8 Å². The van der Waals surface area contributed by atoms with Gasteiger partial charge in [0, 0.05) is 43.6 Å². The molecule has 1 amide bonds. The molecular weight excluding hydrogens is 316 g/mol. The molecule has 0 atom stereocenters. The third-order valence-electron chi connectivity index (χ3n) is 5.20. The number of allylic oxidation sites excluding steroid dienone is 1. The third-order valence-corrected chi connectivity index (χ3v) is 5.20. The SMILES string of the molecule is CCn1ccnc(N2CCC(NC(=O)C3=CCCCCC3)CC2)c1=O. The van der Waals surface area contributed by atoms with Crippen molar-refractivity contribution in [1.29, 1.82) is 0 Å². The van der Waals surface area contributed by atoms with Crippen molar-refractivity contribution >= 4 is 11.7 Å². The van der Waals surface area contributed by atoms with Crippen molar-refractivity contribution in [3.8, 4) is 0 Å². The zero-order valence-corrected chi connectivity index (χ0v) is 15.0. The van der Waals surface area contributed by atoms with Crippen LogP contribution in [0.5, 0.6) is 0 Å². The highest BCUT2D eigenvalue weighted by Gasteiger charge is 2.24. The minimum Gasteiger partial charge on any atom is -0.352 e. The summed E-state index contributed by atoms with van der Waals surface area (Å²) in [6, 6.07) is 0.185. The summed E-state index contributed by atoms with van der Waals surface area (Å²) in [6.07, 6.45) is 12.6. The number of aryl methyl sites for hydroxylation is 1. The number of carbonyl (C=O) groups excluding carboxylic acids is 1. The fourth-order valence-corrected chi connectivity index (χ4v) is 3.64. The molecule has 2 heterocycles. The van der Waals surface area contributed by atoms with Gasteiger partial charge in [-0.2, -0.15) is 0 Å². The molecule has 1 aromatic heterocycles. The second kappa shape index (κ2) is 8.32. The van der Waals surface area contributed by atoms with Crippen LogP contribution in [0.4, 0.5) is 5.82 Å². The van der Waals surface area contributed by atoms with Gasteiger partial charge in [-0.3, -0.25) is 9.59 Å². The Morgan fingerprint density at radius 1 is 1.28 bits per heavy atom. The predicted molar refractivity (Wildman–Crippen MR) is 98.7 cm³/mol. The van der Waals surface area contributed by atoms with Crippen molar-refractivity contribution in [2.24, 2.45) is 0 Å². The van der Waals surface area contributed by atoms with Crippen LogP contribution >= 0.6 is 0 Å². The molecule has 1 aliphatic carbocycles. The monoisotopic (exact) mass is 344 g/mol. The zero-order chi connectivity index (χ0) is 17.6. The van der Waals surface area contributed by atoms with Crippen LogP contribution in [0.3, 0.4) is 0 Å². The smallest absolute Gasteiger partial charge is 0.293 e. The minimum atomic E-state index is -0.0314. The highest BCUT2D eigenvalue weighted by Crippen LogP contribution is 2.19. The van der Waals surface area contributed by atoms with E-state index in [-0.39, 0.29) is 17.5 Å². The first-order valence-corrected chi connectivity index (χ1v) is 9.49. The second-order valence-corrected chi connectivity index (χ2v) is 6.91. The summed E-state index contributed by atoms with van der Waals surface area (Å²) >= 11 is 0. The second-order valence-electron chi connectivity index (χ2n) is 6.91. The summed E-state index contributed by atoms with van der Waals surface area (Å²) in [5.74, 6) is 0.632. The lowest BCUT2D eigenvalue weighted by molar-refractivity contribution is -0.118. The van der Waals surface area contributed by atoms with Gasteiger partial charge >= 0.3 is 0 Å². The van der Waals surface area contributed by atoms with Crippen molar-refractivity contribution < 1.29 is 4.79 Å². The number of hydrogen-bond acceptors (Lipinski definition) is 4. The van der Waals surface area contributed by atoms with Gasteiger partial charge in [-0.25, -0.2) is 4.98 Å². The van der Waals surface area contributed by atoms with Gasteiger partial charge in [0.2, 0.25) is 5.91 Å². The van der Waals surface area contributed by atoms with E-state index in [1.54, 1.807) is 17.0 Å². The Morgan fingerprint density at radius 3 is 2.84 bits per heavy atom. The highest BCUT2D eigenvalue weighted by atomic mass is 16.2. The van der Waals surface area contributed by atoms with Crippen LogP contribution in [0.1, 0.15) is 51.9 Å². The van der Waals surface area contributed by atoms with E-state index in [1.165, 1.54) is 12.8 Å². The van der Waals surface area contributed by atoms with E-state index in [0.29, 0.717) is 12.4 Å². The number of nitrogens with one attached hydrogen (secondary N) is 1. The molecule has 0 aromatic carbocycles. The first-order chi connectivity index (χ1) is 12.2. The van der Waals surface area contributed by atoms with Crippen LogP contribution in [0.25, 0.3) is 0 Å². The summed E-state index contributed by atoms with van der Waals surface area (Å²) in [5.41, 5.74) is 0.923. The molecule has 0 spiro atoms. The van der Waals surface area contributed by atoms with Gasteiger partial charge in [-0.05, 0) is 45.4 Å². The molecule has 6 nitrogen and oxygen atoms in total. The largest absolute Gasteiger partial charge is 0.352 e. The molecule has 3 rings (SSSR count). The quantitative estimate of drug-likeness (QED) is 0.910. The summed E-state index contributed by atoms with van der Waals surface area (Å²) < 4.78 is 1.68. The Bertz CT molecular complexity index is 687. The van der Waals surface area contributed by atoms with E-state index >= 15 is 0 Å². The standard InChI is InChI=1S/C19H28N4O2/c1-2-22-14-11-20-17(19(22)25)23-12-9-16(10-13-23)21-18(24)15-7-5-3-4-6-8-15/h7,11,14,16H,2-6,8-10,12-13H2,1H3,(H,21,24). The molecule has 1 aliphatic heterocycles. The van der Waals surface area contributed by atoms with Crippen molar-refractivity contribution in [2.45, 2.75) is 64.5 Å². The maximum absolute atomic E-state index is 12.4. The topological polar surface area (TPSA) is 67.2 Å². The van der Waals surface area contributed by atoms with Crippen molar-refractivity contribution in [2.75, 3.05) is 18.0 Å². The Labute approximate surface area is 148 Å². The number of anilines is 1. The number of piperidine rings is 1. The Morgan fingerprint density at radius 2 is 2.08 bits per heavy atom. The number of hydrogen-bond donors (Lipinski definition) is 1. The number of carbonyl (C=O) groups is 1. The minimum absolute atomic E-state index is 0.0314. The van der Waals surface area contributed by atoms with Crippen molar-refractivity contribution in [3.05, 3.63) is 34.4 Å². The lowest BCUT2D eigenvalue weighted by Gasteiger charge is -2.33. The number of aromatic nitrogens is 2. The Balaban J connectivity index is 1.56. The average molecular weight is 344 g/mol.